The van der Waals surface area contributed by atoms with Gasteiger partial charge in [0.25, 0.3) is 0 Å². The standard InChI is InChI=1S/C14H15ClFNO4/c1-7(18)11(14(20)21-3)13(17-8(2)19)12-9(15)5-4-6-10(12)16/h4-6,11,13H,1-3H3,(H,17,19)/t11-,13-/m0/s1. The normalized spacial score (nSPS) is 13.2. The fourth-order valence-corrected chi connectivity index (χ4v) is 2.29. The van der Waals surface area contributed by atoms with E-state index in [1.165, 1.54) is 19.1 Å². The molecular weight excluding hydrogens is 301 g/mol. The van der Waals surface area contributed by atoms with E-state index >= 15 is 0 Å². The Labute approximate surface area is 126 Å². The highest BCUT2D eigenvalue weighted by molar-refractivity contribution is 6.31. The van der Waals surface area contributed by atoms with Gasteiger partial charge in [-0.15, -0.1) is 0 Å². The summed E-state index contributed by atoms with van der Waals surface area (Å²) in [5, 5.41) is 2.39. The minimum Gasteiger partial charge on any atom is -0.468 e. The summed E-state index contributed by atoms with van der Waals surface area (Å²) in [6, 6.07) is 2.68. The first-order valence-electron chi connectivity index (χ1n) is 6.08. The van der Waals surface area contributed by atoms with Gasteiger partial charge in [0.15, 0.2) is 0 Å². The molecule has 0 aliphatic rings. The summed E-state index contributed by atoms with van der Waals surface area (Å²) in [7, 11) is 1.10. The molecule has 0 heterocycles. The largest absolute Gasteiger partial charge is 0.468 e. The predicted molar refractivity (Wildman–Crippen MR) is 74.2 cm³/mol. The number of nitrogens with one attached hydrogen (secondary N) is 1. The highest BCUT2D eigenvalue weighted by Gasteiger charge is 2.37. The molecule has 0 radical (unpaired) electrons. The lowest BCUT2D eigenvalue weighted by Gasteiger charge is -2.25. The Hall–Kier alpha value is -1.95. The van der Waals surface area contributed by atoms with Crippen molar-refractivity contribution in [1.29, 1.82) is 0 Å². The number of halogens is 2. The van der Waals surface area contributed by atoms with Crippen LogP contribution in [-0.2, 0) is 19.1 Å². The molecule has 1 aromatic rings. The minimum absolute atomic E-state index is 0.00361. The van der Waals surface area contributed by atoms with Crippen LogP contribution in [-0.4, -0.2) is 24.8 Å². The molecule has 2 atom stereocenters. The third-order valence-electron chi connectivity index (χ3n) is 2.90. The summed E-state index contributed by atoms with van der Waals surface area (Å²) in [6.45, 7) is 2.35. The van der Waals surface area contributed by atoms with Gasteiger partial charge in [0.05, 0.1) is 13.2 Å². The Bertz CT molecular complexity index is 556. The fourth-order valence-electron chi connectivity index (χ4n) is 2.01. The van der Waals surface area contributed by atoms with Gasteiger partial charge < -0.3 is 10.1 Å². The van der Waals surface area contributed by atoms with Gasteiger partial charge in [0.1, 0.15) is 17.5 Å². The smallest absolute Gasteiger partial charge is 0.318 e. The average Bonchev–Trinajstić information content (AvgIpc) is 2.37. The zero-order chi connectivity index (χ0) is 16.2. The van der Waals surface area contributed by atoms with Crippen LogP contribution in [0, 0.1) is 11.7 Å². The van der Waals surface area contributed by atoms with Gasteiger partial charge in [-0.2, -0.15) is 0 Å². The predicted octanol–water partition coefficient (Wildman–Crippen LogP) is 2.03. The number of carbonyl (C=O) groups excluding carboxylic acids is 3. The summed E-state index contributed by atoms with van der Waals surface area (Å²) in [6.07, 6.45) is 0. The molecule has 0 bridgehead atoms. The fraction of sp³-hybridized carbons (Fsp3) is 0.357. The Kier molecular flexibility index (Phi) is 5.84. The molecule has 1 rings (SSSR count). The van der Waals surface area contributed by atoms with Crippen LogP contribution in [0.25, 0.3) is 0 Å². The molecule has 0 spiro atoms. The maximum atomic E-state index is 14.0. The van der Waals surface area contributed by atoms with Crippen molar-refractivity contribution >= 4 is 29.3 Å². The first kappa shape index (κ1) is 17.1. The molecule has 0 saturated heterocycles. The average molecular weight is 316 g/mol. The van der Waals surface area contributed by atoms with Crippen molar-refractivity contribution in [3.05, 3.63) is 34.6 Å². The van der Waals surface area contributed by atoms with Gasteiger partial charge in [0, 0.05) is 17.5 Å². The van der Waals surface area contributed by atoms with E-state index in [-0.39, 0.29) is 10.6 Å². The lowest BCUT2D eigenvalue weighted by molar-refractivity contribution is -0.150. The zero-order valence-electron chi connectivity index (χ0n) is 11.8. The van der Waals surface area contributed by atoms with Crippen molar-refractivity contribution in [3.8, 4) is 0 Å². The number of esters is 1. The molecule has 0 aliphatic carbocycles. The molecule has 0 aliphatic heterocycles. The Balaban J connectivity index is 3.43. The van der Waals surface area contributed by atoms with Crippen molar-refractivity contribution in [2.24, 2.45) is 5.92 Å². The van der Waals surface area contributed by atoms with E-state index in [1.54, 1.807) is 0 Å². The molecule has 1 amide bonds. The second-order valence-corrected chi connectivity index (χ2v) is 4.83. The third-order valence-corrected chi connectivity index (χ3v) is 3.23. The molecule has 7 heteroatoms. The first-order valence-corrected chi connectivity index (χ1v) is 6.46. The van der Waals surface area contributed by atoms with Crippen LogP contribution in [0.5, 0.6) is 0 Å². The van der Waals surface area contributed by atoms with Crippen LogP contribution >= 0.6 is 11.6 Å². The highest BCUT2D eigenvalue weighted by atomic mass is 35.5. The van der Waals surface area contributed by atoms with Gasteiger partial charge in [-0.05, 0) is 19.1 Å². The summed E-state index contributed by atoms with van der Waals surface area (Å²) in [4.78, 5) is 34.9. The van der Waals surface area contributed by atoms with Gasteiger partial charge in [-0.3, -0.25) is 14.4 Å². The van der Waals surface area contributed by atoms with E-state index in [1.807, 2.05) is 0 Å². The Morgan fingerprint density at radius 3 is 2.33 bits per heavy atom. The number of amides is 1. The van der Waals surface area contributed by atoms with Crippen molar-refractivity contribution in [2.75, 3.05) is 7.11 Å². The molecule has 114 valence electrons. The SMILES string of the molecule is COC(=O)[C@@H](C(C)=O)[C@H](NC(C)=O)c1c(F)cccc1Cl. The molecular formula is C14H15ClFNO4. The second kappa shape index (κ2) is 7.17. The number of benzene rings is 1. The second-order valence-electron chi connectivity index (χ2n) is 4.43. The number of carbonyl (C=O) groups is 3. The maximum absolute atomic E-state index is 14.0. The first-order chi connectivity index (χ1) is 9.79. The van der Waals surface area contributed by atoms with Crippen LogP contribution in [0.4, 0.5) is 4.39 Å². The molecule has 1 N–H and O–H groups in total. The lowest BCUT2D eigenvalue weighted by Crippen LogP contribution is -2.40. The molecule has 0 unspecified atom stereocenters. The van der Waals surface area contributed by atoms with E-state index in [0.29, 0.717) is 0 Å². The zero-order valence-corrected chi connectivity index (χ0v) is 12.5. The summed E-state index contributed by atoms with van der Waals surface area (Å²) < 4.78 is 18.6. The van der Waals surface area contributed by atoms with Crippen LogP contribution in [0.2, 0.25) is 5.02 Å². The number of ether oxygens (including phenoxy) is 1. The van der Waals surface area contributed by atoms with Crippen LogP contribution in [0.15, 0.2) is 18.2 Å². The number of methoxy groups -OCH3 is 1. The van der Waals surface area contributed by atoms with Crippen molar-refractivity contribution in [3.63, 3.8) is 0 Å². The molecule has 0 fully saturated rings. The Morgan fingerprint density at radius 2 is 1.90 bits per heavy atom. The Morgan fingerprint density at radius 1 is 1.29 bits per heavy atom. The molecule has 0 saturated carbocycles. The van der Waals surface area contributed by atoms with Gasteiger partial charge in [-0.1, -0.05) is 17.7 Å². The monoisotopic (exact) mass is 315 g/mol. The summed E-state index contributed by atoms with van der Waals surface area (Å²) >= 11 is 5.95. The lowest BCUT2D eigenvalue weighted by atomic mass is 9.89. The van der Waals surface area contributed by atoms with E-state index in [2.05, 4.69) is 10.1 Å². The van der Waals surface area contributed by atoms with Crippen molar-refractivity contribution < 1.29 is 23.5 Å². The van der Waals surface area contributed by atoms with E-state index in [9.17, 15) is 18.8 Å². The van der Waals surface area contributed by atoms with Crippen LogP contribution < -0.4 is 5.32 Å². The third kappa shape index (κ3) is 4.01. The molecule has 0 aromatic heterocycles. The van der Waals surface area contributed by atoms with Crippen LogP contribution in [0.3, 0.4) is 0 Å². The number of rotatable bonds is 5. The number of Topliss-reactive ketones (excluding diaryl/α,β-unsaturated/α-hetero) is 1. The van der Waals surface area contributed by atoms with Crippen molar-refractivity contribution in [2.45, 2.75) is 19.9 Å². The number of hydrogen-bond donors (Lipinski definition) is 1. The van der Waals surface area contributed by atoms with E-state index < -0.39 is 35.4 Å². The van der Waals surface area contributed by atoms with E-state index in [4.69, 9.17) is 11.6 Å². The molecule has 1 aromatic carbocycles. The summed E-state index contributed by atoms with van der Waals surface area (Å²) in [5.41, 5.74) is -0.125. The molecule has 21 heavy (non-hydrogen) atoms. The highest BCUT2D eigenvalue weighted by Crippen LogP contribution is 2.32. The van der Waals surface area contributed by atoms with Gasteiger partial charge >= 0.3 is 5.97 Å². The quantitative estimate of drug-likeness (QED) is 0.666. The van der Waals surface area contributed by atoms with E-state index in [0.717, 1.165) is 20.1 Å². The molecule has 5 nitrogen and oxygen atoms in total. The number of hydrogen-bond acceptors (Lipinski definition) is 4. The van der Waals surface area contributed by atoms with Crippen LogP contribution in [0.1, 0.15) is 25.5 Å². The maximum Gasteiger partial charge on any atom is 0.318 e. The number of ketones is 1. The van der Waals surface area contributed by atoms with Crippen molar-refractivity contribution in [1.82, 2.24) is 5.32 Å². The minimum atomic E-state index is -1.38. The van der Waals surface area contributed by atoms with Gasteiger partial charge in [-0.25, -0.2) is 4.39 Å². The topological polar surface area (TPSA) is 72.5 Å². The van der Waals surface area contributed by atoms with Gasteiger partial charge in [0.2, 0.25) is 5.91 Å². The summed E-state index contributed by atoms with van der Waals surface area (Å²) in [5.74, 6) is -4.08.